The van der Waals surface area contributed by atoms with E-state index in [9.17, 15) is 14.4 Å². The first-order chi connectivity index (χ1) is 8.47. The van der Waals surface area contributed by atoms with Crippen LogP contribution in [0.3, 0.4) is 0 Å². The van der Waals surface area contributed by atoms with Crippen molar-refractivity contribution >= 4 is 5.97 Å². The number of H-pyrrole nitrogens is 1. The van der Waals surface area contributed by atoms with Gasteiger partial charge in [-0.25, -0.2) is 9.59 Å². The number of aryl methyl sites for hydroxylation is 1. The molecular weight excluding hydrogens is 242 g/mol. The molecule has 8 nitrogen and oxygen atoms in total. The first kappa shape index (κ1) is 11.8. The van der Waals surface area contributed by atoms with Crippen LogP contribution in [0, 0.1) is 6.92 Å². The van der Waals surface area contributed by atoms with Gasteiger partial charge in [0.15, 0.2) is 5.76 Å². The van der Waals surface area contributed by atoms with Gasteiger partial charge >= 0.3 is 11.7 Å². The van der Waals surface area contributed by atoms with E-state index in [-0.39, 0.29) is 6.54 Å². The van der Waals surface area contributed by atoms with Crippen molar-refractivity contribution < 1.29 is 14.4 Å². The third-order valence-electron chi connectivity index (χ3n) is 2.24. The lowest BCUT2D eigenvalue weighted by atomic mass is 10.3. The number of carbonyl (C=O) groups is 1. The Balaban J connectivity index is 2.45. The van der Waals surface area contributed by atoms with Gasteiger partial charge in [-0.3, -0.25) is 14.3 Å². The Hall–Kier alpha value is -2.64. The van der Waals surface area contributed by atoms with Gasteiger partial charge in [-0.2, -0.15) is 0 Å². The second kappa shape index (κ2) is 4.32. The molecule has 18 heavy (non-hydrogen) atoms. The quantitative estimate of drug-likeness (QED) is 0.764. The summed E-state index contributed by atoms with van der Waals surface area (Å²) in [6.45, 7) is 1.71. The van der Waals surface area contributed by atoms with Crippen LogP contribution in [0.1, 0.15) is 21.8 Å². The Morgan fingerprint density at radius 1 is 1.56 bits per heavy atom. The second-order valence-corrected chi connectivity index (χ2v) is 3.67. The fourth-order valence-electron chi connectivity index (χ4n) is 1.44. The minimum absolute atomic E-state index is 0.00324. The molecule has 0 saturated heterocycles. The van der Waals surface area contributed by atoms with E-state index in [0.29, 0.717) is 11.5 Å². The van der Waals surface area contributed by atoms with Gasteiger partial charge in [0.2, 0.25) is 0 Å². The molecule has 8 heteroatoms. The van der Waals surface area contributed by atoms with Crippen LogP contribution in [-0.2, 0) is 6.54 Å². The molecule has 0 amide bonds. The number of aromatic amines is 1. The highest BCUT2D eigenvalue weighted by atomic mass is 16.5. The molecule has 94 valence electrons. The summed E-state index contributed by atoms with van der Waals surface area (Å²) in [5.74, 6) is -1.02. The third-order valence-corrected chi connectivity index (χ3v) is 2.24. The minimum atomic E-state index is -1.40. The molecule has 0 spiro atoms. The maximum atomic E-state index is 11.5. The van der Waals surface area contributed by atoms with Crippen molar-refractivity contribution in [1.82, 2.24) is 14.7 Å². The molecule has 0 fully saturated rings. The van der Waals surface area contributed by atoms with Crippen molar-refractivity contribution in [2.24, 2.45) is 0 Å². The number of aromatic carboxylic acids is 1. The lowest BCUT2D eigenvalue weighted by molar-refractivity contribution is 0.0693. The normalized spacial score (nSPS) is 10.5. The van der Waals surface area contributed by atoms with Crippen LogP contribution in [0.2, 0.25) is 0 Å². The van der Waals surface area contributed by atoms with Crippen LogP contribution < -0.4 is 11.2 Å². The summed E-state index contributed by atoms with van der Waals surface area (Å²) in [7, 11) is 0. The molecule has 0 bridgehead atoms. The van der Waals surface area contributed by atoms with Crippen molar-refractivity contribution in [3.8, 4) is 0 Å². The van der Waals surface area contributed by atoms with Crippen LogP contribution in [-0.4, -0.2) is 25.8 Å². The molecule has 0 saturated carbocycles. The topological polar surface area (TPSA) is 118 Å². The average Bonchev–Trinajstić information content (AvgIpc) is 2.67. The molecule has 0 aliphatic rings. The van der Waals surface area contributed by atoms with E-state index in [1.54, 1.807) is 13.0 Å². The van der Waals surface area contributed by atoms with Crippen LogP contribution in [0.15, 0.2) is 26.4 Å². The first-order valence-corrected chi connectivity index (χ1v) is 4.96. The molecule has 2 heterocycles. The van der Waals surface area contributed by atoms with Crippen molar-refractivity contribution in [1.29, 1.82) is 0 Å². The van der Waals surface area contributed by atoms with Crippen LogP contribution in [0.4, 0.5) is 0 Å². The highest BCUT2D eigenvalue weighted by Gasteiger charge is 2.12. The predicted molar refractivity (Wildman–Crippen MR) is 58.6 cm³/mol. The molecule has 0 aliphatic carbocycles. The van der Waals surface area contributed by atoms with Crippen molar-refractivity contribution in [3.63, 3.8) is 0 Å². The van der Waals surface area contributed by atoms with E-state index in [1.807, 2.05) is 4.98 Å². The van der Waals surface area contributed by atoms with Gasteiger partial charge in [-0.15, -0.1) is 0 Å². The molecule has 2 N–H and O–H groups in total. The van der Waals surface area contributed by atoms with Gasteiger partial charge in [-0.05, 0) is 6.92 Å². The summed E-state index contributed by atoms with van der Waals surface area (Å²) in [6, 6.07) is 1.61. The minimum Gasteiger partial charge on any atom is -0.477 e. The summed E-state index contributed by atoms with van der Waals surface area (Å²) in [5.41, 5.74) is -1.51. The molecule has 0 radical (unpaired) electrons. The van der Waals surface area contributed by atoms with Gasteiger partial charge in [0.25, 0.3) is 5.56 Å². The van der Waals surface area contributed by atoms with Gasteiger partial charge in [-0.1, -0.05) is 5.16 Å². The highest BCUT2D eigenvalue weighted by Crippen LogP contribution is 2.03. The molecule has 0 atom stereocenters. The van der Waals surface area contributed by atoms with Gasteiger partial charge in [0.05, 0.1) is 12.2 Å². The summed E-state index contributed by atoms with van der Waals surface area (Å²) >= 11 is 0. The Kier molecular flexibility index (Phi) is 2.84. The highest BCUT2D eigenvalue weighted by molar-refractivity contribution is 5.86. The summed E-state index contributed by atoms with van der Waals surface area (Å²) in [6.07, 6.45) is 0.974. The number of nitrogens with one attached hydrogen (secondary N) is 1. The average molecular weight is 251 g/mol. The SMILES string of the molecule is Cc1cc(Cn2cc(C(=O)O)c(=O)[nH]c2=O)on1. The standard InChI is InChI=1S/C10H9N3O5/c1-5-2-6(18-12-5)3-13-4-7(9(15)16)8(14)11-10(13)17/h2,4H,3H2,1H3,(H,15,16)(H,11,14,17). The lowest BCUT2D eigenvalue weighted by Crippen LogP contribution is -2.33. The zero-order valence-corrected chi connectivity index (χ0v) is 9.34. The summed E-state index contributed by atoms with van der Waals surface area (Å²) in [4.78, 5) is 35.4. The molecule has 2 rings (SSSR count). The number of hydrogen-bond donors (Lipinski definition) is 2. The Labute approximate surface area is 99.5 Å². The number of carboxylic acid groups (broad SMARTS) is 1. The van der Waals surface area contributed by atoms with E-state index in [0.717, 1.165) is 10.8 Å². The Bertz CT molecular complexity index is 709. The first-order valence-electron chi connectivity index (χ1n) is 4.96. The molecule has 0 aliphatic heterocycles. The second-order valence-electron chi connectivity index (χ2n) is 3.67. The number of carboxylic acids is 1. The van der Waals surface area contributed by atoms with Gasteiger partial charge < -0.3 is 9.63 Å². The maximum absolute atomic E-state index is 11.5. The summed E-state index contributed by atoms with van der Waals surface area (Å²) in [5, 5.41) is 12.4. The summed E-state index contributed by atoms with van der Waals surface area (Å²) < 4.78 is 5.94. The fourth-order valence-corrected chi connectivity index (χ4v) is 1.44. The largest absolute Gasteiger partial charge is 0.477 e. The lowest BCUT2D eigenvalue weighted by Gasteiger charge is -2.02. The molecular formula is C10H9N3O5. The smallest absolute Gasteiger partial charge is 0.342 e. The maximum Gasteiger partial charge on any atom is 0.342 e. The van der Waals surface area contributed by atoms with Crippen LogP contribution >= 0.6 is 0 Å². The van der Waals surface area contributed by atoms with Crippen molar-refractivity contribution in [3.05, 3.63) is 50.1 Å². The molecule has 0 aromatic carbocycles. The van der Waals surface area contributed by atoms with E-state index >= 15 is 0 Å². The zero-order chi connectivity index (χ0) is 13.3. The van der Waals surface area contributed by atoms with Crippen molar-refractivity contribution in [2.45, 2.75) is 13.5 Å². The number of rotatable bonds is 3. The molecule has 0 unspecified atom stereocenters. The van der Waals surface area contributed by atoms with E-state index in [4.69, 9.17) is 9.63 Å². The van der Waals surface area contributed by atoms with Crippen LogP contribution in [0.25, 0.3) is 0 Å². The predicted octanol–water partition coefficient (Wildman–Crippen LogP) is -0.420. The Morgan fingerprint density at radius 3 is 2.83 bits per heavy atom. The molecule has 2 aromatic heterocycles. The monoisotopic (exact) mass is 251 g/mol. The zero-order valence-electron chi connectivity index (χ0n) is 9.34. The van der Waals surface area contributed by atoms with Crippen molar-refractivity contribution in [2.75, 3.05) is 0 Å². The number of nitrogens with zero attached hydrogens (tertiary/aromatic N) is 2. The molecule has 2 aromatic rings. The van der Waals surface area contributed by atoms with E-state index in [2.05, 4.69) is 5.16 Å². The van der Waals surface area contributed by atoms with E-state index < -0.39 is 22.8 Å². The van der Waals surface area contributed by atoms with Gasteiger partial charge in [0, 0.05) is 12.3 Å². The van der Waals surface area contributed by atoms with E-state index in [1.165, 1.54) is 0 Å². The van der Waals surface area contributed by atoms with Gasteiger partial charge in [0.1, 0.15) is 5.56 Å². The van der Waals surface area contributed by atoms with Crippen LogP contribution in [0.5, 0.6) is 0 Å². The number of hydrogen-bond acceptors (Lipinski definition) is 5. The third kappa shape index (κ3) is 2.21. The number of aromatic nitrogens is 3. The Morgan fingerprint density at radius 2 is 2.28 bits per heavy atom. The fraction of sp³-hybridized carbons (Fsp3) is 0.200.